The summed E-state index contributed by atoms with van der Waals surface area (Å²) in [5, 5.41) is 10.5. The van der Waals surface area contributed by atoms with Crippen molar-refractivity contribution in [3.05, 3.63) is 35.3 Å². The number of nitrogens with two attached hydrogens (primary N) is 1. The Kier molecular flexibility index (Phi) is 2.03. The van der Waals surface area contributed by atoms with E-state index in [9.17, 15) is 10.0 Å². The monoisotopic (exact) mass is 153 g/mol. The zero-order valence-corrected chi connectivity index (χ0v) is 5.65. The minimum Gasteiger partial charge on any atom is -0.619 e. The second kappa shape index (κ2) is 2.98. The number of nitrogens with one attached hydrogen (secondary N) is 1. The molecule has 0 spiro atoms. The normalized spacial score (nSPS) is 9.18. The third kappa shape index (κ3) is 1.65. The molecule has 0 aromatic carbocycles. The van der Waals surface area contributed by atoms with E-state index in [-0.39, 0.29) is 0 Å². The van der Waals surface area contributed by atoms with Gasteiger partial charge in [0.25, 0.3) is 5.91 Å². The maximum absolute atomic E-state index is 10.8. The van der Waals surface area contributed by atoms with Gasteiger partial charge in [0.1, 0.15) is 0 Å². The van der Waals surface area contributed by atoms with Gasteiger partial charge in [0.2, 0.25) is 0 Å². The average molecular weight is 153 g/mol. The molecule has 1 aromatic heterocycles. The first kappa shape index (κ1) is 7.49. The third-order valence-corrected chi connectivity index (χ3v) is 1.20. The lowest BCUT2D eigenvalue weighted by molar-refractivity contribution is -0.605. The molecule has 0 atom stereocenters. The number of hydrazine groups is 1. The van der Waals surface area contributed by atoms with Crippen LogP contribution in [-0.2, 0) is 0 Å². The van der Waals surface area contributed by atoms with Crippen molar-refractivity contribution in [3.63, 3.8) is 0 Å². The minimum absolute atomic E-state index is 0.361. The first-order valence-electron chi connectivity index (χ1n) is 2.94. The van der Waals surface area contributed by atoms with Crippen molar-refractivity contribution in [2.75, 3.05) is 0 Å². The number of rotatable bonds is 1. The second-order valence-electron chi connectivity index (χ2n) is 1.92. The van der Waals surface area contributed by atoms with E-state index >= 15 is 0 Å². The van der Waals surface area contributed by atoms with Crippen LogP contribution >= 0.6 is 0 Å². The molecule has 0 bridgehead atoms. The van der Waals surface area contributed by atoms with Crippen LogP contribution < -0.4 is 16.0 Å². The molecule has 1 heterocycles. The molecule has 58 valence electrons. The summed E-state index contributed by atoms with van der Waals surface area (Å²) in [6.07, 6.45) is 2.45. The maximum atomic E-state index is 10.8. The Hall–Kier alpha value is -1.62. The van der Waals surface area contributed by atoms with Crippen LogP contribution in [0.3, 0.4) is 0 Å². The molecule has 0 aliphatic heterocycles. The zero-order chi connectivity index (χ0) is 8.27. The fraction of sp³-hybridized carbons (Fsp3) is 0. The smallest absolute Gasteiger partial charge is 0.265 e. The molecule has 0 aliphatic carbocycles. The zero-order valence-electron chi connectivity index (χ0n) is 5.65. The van der Waals surface area contributed by atoms with Crippen LogP contribution in [0.25, 0.3) is 0 Å². The summed E-state index contributed by atoms with van der Waals surface area (Å²) in [6.45, 7) is 0. The van der Waals surface area contributed by atoms with Gasteiger partial charge in [-0.25, -0.2) is 5.84 Å². The molecule has 5 nitrogen and oxygen atoms in total. The molecule has 0 saturated heterocycles. The summed E-state index contributed by atoms with van der Waals surface area (Å²) in [5.74, 6) is 4.45. The highest BCUT2D eigenvalue weighted by atomic mass is 16.5. The highest BCUT2D eigenvalue weighted by molar-refractivity contribution is 5.93. The van der Waals surface area contributed by atoms with Crippen LogP contribution in [0, 0.1) is 5.21 Å². The number of carbonyl (C=O) groups excluding carboxylic acids is 1. The Morgan fingerprint density at radius 2 is 2.09 bits per heavy atom. The summed E-state index contributed by atoms with van der Waals surface area (Å²) >= 11 is 0. The fourth-order valence-electron chi connectivity index (χ4n) is 0.647. The summed E-state index contributed by atoms with van der Waals surface area (Å²) in [6, 6.07) is 2.77. The van der Waals surface area contributed by atoms with Crippen LogP contribution in [0.5, 0.6) is 0 Å². The first-order chi connectivity index (χ1) is 5.24. The third-order valence-electron chi connectivity index (χ3n) is 1.20. The average Bonchev–Trinajstić information content (AvgIpc) is 2.05. The molecular weight excluding hydrogens is 146 g/mol. The summed E-state index contributed by atoms with van der Waals surface area (Å²) < 4.78 is 0.591. The van der Waals surface area contributed by atoms with E-state index in [1.165, 1.54) is 24.5 Å². The van der Waals surface area contributed by atoms with Gasteiger partial charge >= 0.3 is 0 Å². The first-order valence-corrected chi connectivity index (χ1v) is 2.94. The topological polar surface area (TPSA) is 82.1 Å². The molecule has 0 radical (unpaired) electrons. The van der Waals surface area contributed by atoms with Gasteiger partial charge in [0.05, 0.1) is 5.56 Å². The van der Waals surface area contributed by atoms with Gasteiger partial charge in [-0.15, -0.1) is 0 Å². The van der Waals surface area contributed by atoms with Crippen LogP contribution in [0.1, 0.15) is 10.4 Å². The van der Waals surface area contributed by atoms with Gasteiger partial charge in [-0.3, -0.25) is 10.2 Å². The SMILES string of the molecule is NNC(=O)c1cc[n+]([O-])cc1. The lowest BCUT2D eigenvalue weighted by Crippen LogP contribution is -2.31. The van der Waals surface area contributed by atoms with Gasteiger partial charge < -0.3 is 5.21 Å². The maximum Gasteiger partial charge on any atom is 0.265 e. The van der Waals surface area contributed by atoms with Crippen molar-refractivity contribution >= 4 is 5.91 Å². The van der Waals surface area contributed by atoms with E-state index in [0.29, 0.717) is 10.3 Å². The van der Waals surface area contributed by atoms with Gasteiger partial charge in [-0.1, -0.05) is 0 Å². The van der Waals surface area contributed by atoms with Gasteiger partial charge in [0, 0.05) is 12.1 Å². The molecule has 11 heavy (non-hydrogen) atoms. The van der Waals surface area contributed by atoms with E-state index in [0.717, 1.165) is 0 Å². The summed E-state index contributed by atoms with van der Waals surface area (Å²) in [5.41, 5.74) is 2.31. The number of hydrogen-bond acceptors (Lipinski definition) is 3. The molecule has 0 unspecified atom stereocenters. The highest BCUT2D eigenvalue weighted by Gasteiger charge is 2.02. The standard InChI is InChI=1S/C6H7N3O2/c7-8-6(10)5-1-3-9(11)4-2-5/h1-4H,7H2,(H,8,10). The largest absolute Gasteiger partial charge is 0.619 e. The van der Waals surface area contributed by atoms with Crippen molar-refractivity contribution in [1.29, 1.82) is 0 Å². The lowest BCUT2D eigenvalue weighted by Gasteiger charge is -1.97. The lowest BCUT2D eigenvalue weighted by atomic mass is 10.3. The molecule has 1 amide bonds. The Morgan fingerprint density at radius 1 is 1.55 bits per heavy atom. The van der Waals surface area contributed by atoms with E-state index < -0.39 is 5.91 Å². The second-order valence-corrected chi connectivity index (χ2v) is 1.92. The molecule has 1 rings (SSSR count). The number of amides is 1. The predicted molar refractivity (Wildman–Crippen MR) is 37.1 cm³/mol. The van der Waals surface area contributed by atoms with Crippen LogP contribution in [0.2, 0.25) is 0 Å². The molecule has 1 aromatic rings. The Balaban J connectivity index is 2.90. The van der Waals surface area contributed by atoms with Crippen molar-refractivity contribution in [1.82, 2.24) is 5.43 Å². The van der Waals surface area contributed by atoms with Gasteiger partial charge in [-0.05, 0) is 0 Å². The highest BCUT2D eigenvalue weighted by Crippen LogP contribution is 1.92. The number of nitrogen functional groups attached to an aromatic ring is 1. The Bertz CT molecular complexity index is 257. The minimum atomic E-state index is -0.411. The van der Waals surface area contributed by atoms with Crippen molar-refractivity contribution in [3.8, 4) is 0 Å². The molecule has 3 N–H and O–H groups in total. The number of nitrogens with zero attached hydrogens (tertiary/aromatic N) is 1. The van der Waals surface area contributed by atoms with E-state index in [1.807, 2.05) is 5.43 Å². The van der Waals surface area contributed by atoms with E-state index in [4.69, 9.17) is 5.84 Å². The Morgan fingerprint density at radius 3 is 2.55 bits per heavy atom. The summed E-state index contributed by atoms with van der Waals surface area (Å²) in [7, 11) is 0. The van der Waals surface area contributed by atoms with E-state index in [2.05, 4.69) is 0 Å². The van der Waals surface area contributed by atoms with Crippen molar-refractivity contribution < 1.29 is 9.52 Å². The van der Waals surface area contributed by atoms with Gasteiger partial charge in [0.15, 0.2) is 12.4 Å². The number of aromatic nitrogens is 1. The van der Waals surface area contributed by atoms with Crippen molar-refractivity contribution in [2.24, 2.45) is 5.84 Å². The number of hydrogen-bond donors (Lipinski definition) is 2. The molecule has 0 saturated carbocycles. The fourth-order valence-corrected chi connectivity index (χ4v) is 0.647. The van der Waals surface area contributed by atoms with Crippen LogP contribution in [0.4, 0.5) is 0 Å². The van der Waals surface area contributed by atoms with Crippen LogP contribution in [-0.4, -0.2) is 5.91 Å². The predicted octanol–water partition coefficient (Wildman–Crippen LogP) is -1.08. The van der Waals surface area contributed by atoms with Crippen molar-refractivity contribution in [2.45, 2.75) is 0 Å². The number of carbonyl (C=O) groups is 1. The van der Waals surface area contributed by atoms with Crippen LogP contribution in [0.15, 0.2) is 24.5 Å². The molecule has 0 fully saturated rings. The number of pyridine rings is 1. The summed E-state index contributed by atoms with van der Waals surface area (Å²) in [4.78, 5) is 10.8. The molecular formula is C6H7N3O2. The quantitative estimate of drug-likeness (QED) is 0.177. The van der Waals surface area contributed by atoms with E-state index in [1.54, 1.807) is 0 Å². The van der Waals surface area contributed by atoms with Gasteiger partial charge in [-0.2, -0.15) is 4.73 Å². The molecule has 5 heteroatoms. The molecule has 0 aliphatic rings. The Labute approximate surface area is 63.0 Å².